The monoisotopic (exact) mass is 340 g/mol. The Morgan fingerprint density at radius 2 is 1.59 bits per heavy atom. The molecule has 0 saturated heterocycles. The molecule has 22 heavy (non-hydrogen) atoms. The molecule has 0 fully saturated rings. The van der Waals surface area contributed by atoms with Gasteiger partial charge in [-0.1, -0.05) is 13.3 Å². The predicted octanol–water partition coefficient (Wildman–Crippen LogP) is 1.95. The molecular weight excluding hydrogens is 306 g/mol. The lowest BCUT2D eigenvalue weighted by molar-refractivity contribution is -0.910. The molecule has 0 aromatic rings. The van der Waals surface area contributed by atoms with Crippen molar-refractivity contribution < 1.29 is 26.9 Å². The third-order valence-corrected chi connectivity index (χ3v) is 4.66. The van der Waals surface area contributed by atoms with Gasteiger partial charge in [0.05, 0.1) is 45.7 Å². The minimum absolute atomic E-state index is 0.147. The maximum absolute atomic E-state index is 10.8. The fourth-order valence-corrected chi connectivity index (χ4v) is 2.96. The zero-order valence-electron chi connectivity index (χ0n) is 14.4. The van der Waals surface area contributed by atoms with Crippen LogP contribution in [-0.4, -0.2) is 76.8 Å². The van der Waals surface area contributed by atoms with E-state index in [9.17, 15) is 8.42 Å². The van der Waals surface area contributed by atoms with Gasteiger partial charge in [0.25, 0.3) is 10.1 Å². The first-order valence-electron chi connectivity index (χ1n) is 8.18. The third kappa shape index (κ3) is 13.5. The molecule has 1 atom stereocenters. The molecule has 7 heteroatoms. The van der Waals surface area contributed by atoms with Gasteiger partial charge in [-0.15, -0.1) is 0 Å². The number of ether oxygens (including phenoxy) is 2. The van der Waals surface area contributed by atoms with Crippen LogP contribution < -0.4 is 0 Å². The number of hydrogen-bond acceptors (Lipinski definition) is 4. The molecule has 0 aromatic carbocycles. The topological polar surface area (TPSA) is 72.8 Å². The van der Waals surface area contributed by atoms with Gasteiger partial charge in [0.2, 0.25) is 0 Å². The van der Waals surface area contributed by atoms with Gasteiger partial charge in [0.1, 0.15) is 6.54 Å². The summed E-state index contributed by atoms with van der Waals surface area (Å²) in [5.74, 6) is -0.147. The average Bonchev–Trinajstić information content (AvgIpc) is 2.43. The number of quaternary nitrogens is 1. The zero-order chi connectivity index (χ0) is 16.9. The third-order valence-electron chi connectivity index (χ3n) is 3.86. The van der Waals surface area contributed by atoms with Crippen LogP contribution in [0.3, 0.4) is 0 Å². The lowest BCUT2D eigenvalue weighted by Gasteiger charge is -2.34. The Morgan fingerprint density at radius 3 is 2.14 bits per heavy atom. The van der Waals surface area contributed by atoms with Crippen molar-refractivity contribution >= 4 is 10.1 Å². The van der Waals surface area contributed by atoms with E-state index in [-0.39, 0.29) is 5.75 Å². The van der Waals surface area contributed by atoms with Crippen LogP contribution >= 0.6 is 0 Å². The van der Waals surface area contributed by atoms with Gasteiger partial charge in [-0.05, 0) is 25.7 Å². The number of methoxy groups -OCH3 is 1. The van der Waals surface area contributed by atoms with E-state index in [4.69, 9.17) is 14.0 Å². The highest BCUT2D eigenvalue weighted by Gasteiger charge is 2.20. The van der Waals surface area contributed by atoms with Crippen molar-refractivity contribution in [3.63, 3.8) is 0 Å². The van der Waals surface area contributed by atoms with Crippen molar-refractivity contribution in [3.05, 3.63) is 0 Å². The summed E-state index contributed by atoms with van der Waals surface area (Å²) in [6.07, 6.45) is 4.87. The second-order valence-electron chi connectivity index (χ2n) is 6.10. The molecule has 134 valence electrons. The Morgan fingerprint density at radius 1 is 0.955 bits per heavy atom. The smallest absolute Gasteiger partial charge is 0.264 e. The summed E-state index contributed by atoms with van der Waals surface area (Å²) in [7, 11) is 0.0179. The summed E-state index contributed by atoms with van der Waals surface area (Å²) < 4.78 is 41.7. The highest BCUT2D eigenvalue weighted by Crippen LogP contribution is 2.10. The molecule has 1 unspecified atom stereocenters. The molecule has 0 aromatic heterocycles. The number of rotatable bonds is 15. The van der Waals surface area contributed by atoms with E-state index in [1.807, 2.05) is 0 Å². The summed E-state index contributed by atoms with van der Waals surface area (Å²) in [6.45, 7) is 6.98. The predicted molar refractivity (Wildman–Crippen MR) is 88.7 cm³/mol. The number of unbranched alkanes of at least 4 members (excludes halogenated alkanes) is 3. The van der Waals surface area contributed by atoms with Crippen LogP contribution in [0.15, 0.2) is 0 Å². The van der Waals surface area contributed by atoms with Gasteiger partial charge in [0, 0.05) is 7.11 Å². The second kappa shape index (κ2) is 12.2. The SMILES string of the molecule is CCCCC[N+](C)(CCCCS(=O)(=O)O)CCOCCOC. The first kappa shape index (κ1) is 21.8. The quantitative estimate of drug-likeness (QED) is 0.280. The van der Waals surface area contributed by atoms with Gasteiger partial charge >= 0.3 is 0 Å². The largest absolute Gasteiger partial charge is 0.382 e. The first-order chi connectivity index (χ1) is 10.3. The first-order valence-corrected chi connectivity index (χ1v) is 9.79. The highest BCUT2D eigenvalue weighted by molar-refractivity contribution is 7.85. The van der Waals surface area contributed by atoms with Crippen LogP contribution in [-0.2, 0) is 19.6 Å². The summed E-state index contributed by atoms with van der Waals surface area (Å²) in [6, 6.07) is 0. The summed E-state index contributed by atoms with van der Waals surface area (Å²) in [5, 5.41) is 0. The van der Waals surface area contributed by atoms with Crippen molar-refractivity contribution in [1.29, 1.82) is 0 Å². The maximum atomic E-state index is 10.8. The van der Waals surface area contributed by atoms with E-state index in [1.54, 1.807) is 7.11 Å². The second-order valence-corrected chi connectivity index (χ2v) is 7.67. The minimum atomic E-state index is -3.84. The molecule has 0 saturated carbocycles. The molecule has 0 radical (unpaired) electrons. The zero-order valence-corrected chi connectivity index (χ0v) is 15.2. The van der Waals surface area contributed by atoms with Gasteiger partial charge in [-0.25, -0.2) is 0 Å². The molecule has 0 spiro atoms. The molecule has 1 N–H and O–H groups in total. The van der Waals surface area contributed by atoms with Crippen LogP contribution in [0.5, 0.6) is 0 Å². The van der Waals surface area contributed by atoms with Crippen molar-refractivity contribution in [2.45, 2.75) is 39.0 Å². The van der Waals surface area contributed by atoms with Crippen LogP contribution in [0.4, 0.5) is 0 Å². The molecule has 0 aliphatic heterocycles. The molecule has 0 rings (SSSR count). The number of likely N-dealkylation sites (N-methyl/N-ethyl adjacent to an activating group) is 1. The normalized spacial score (nSPS) is 14.9. The Bertz CT molecular complexity index is 361. The van der Waals surface area contributed by atoms with E-state index in [0.717, 1.165) is 30.5 Å². The number of hydrogen-bond donors (Lipinski definition) is 1. The van der Waals surface area contributed by atoms with Crippen LogP contribution in [0.2, 0.25) is 0 Å². The Hall–Kier alpha value is -0.210. The van der Waals surface area contributed by atoms with E-state index >= 15 is 0 Å². The number of nitrogens with zero attached hydrogens (tertiary/aromatic N) is 1. The molecule has 6 nitrogen and oxygen atoms in total. The van der Waals surface area contributed by atoms with E-state index in [2.05, 4.69) is 14.0 Å². The van der Waals surface area contributed by atoms with Gasteiger partial charge < -0.3 is 14.0 Å². The molecule has 0 aliphatic rings. The average molecular weight is 341 g/mol. The van der Waals surface area contributed by atoms with Crippen molar-refractivity contribution in [2.75, 3.05) is 59.4 Å². The van der Waals surface area contributed by atoms with E-state index < -0.39 is 10.1 Å². The highest BCUT2D eigenvalue weighted by atomic mass is 32.2. The fraction of sp³-hybridized carbons (Fsp3) is 1.00. The summed E-state index contributed by atoms with van der Waals surface area (Å²) in [5.41, 5.74) is 0. The summed E-state index contributed by atoms with van der Waals surface area (Å²) in [4.78, 5) is 0. The maximum Gasteiger partial charge on any atom is 0.264 e. The van der Waals surface area contributed by atoms with E-state index in [1.165, 1.54) is 19.3 Å². The van der Waals surface area contributed by atoms with Crippen molar-refractivity contribution in [1.82, 2.24) is 0 Å². The van der Waals surface area contributed by atoms with Crippen molar-refractivity contribution in [2.24, 2.45) is 0 Å². The molecule has 0 heterocycles. The van der Waals surface area contributed by atoms with Gasteiger partial charge in [-0.2, -0.15) is 8.42 Å². The molecular formula is C15H34NO5S+. The lowest BCUT2D eigenvalue weighted by atomic mass is 10.2. The Labute approximate surface area is 136 Å². The molecule has 0 amide bonds. The van der Waals surface area contributed by atoms with Crippen LogP contribution in [0.25, 0.3) is 0 Å². The molecule has 0 bridgehead atoms. The van der Waals surface area contributed by atoms with Crippen LogP contribution in [0, 0.1) is 0 Å². The van der Waals surface area contributed by atoms with E-state index in [0.29, 0.717) is 26.2 Å². The standard InChI is InChI=1S/C15H33NO5S/c1-4-5-6-9-16(2,11-12-21-14-13-20-3)10-7-8-15-22(17,18)19/h4-15H2,1-3H3/p+1. The van der Waals surface area contributed by atoms with Gasteiger partial charge in [-0.3, -0.25) is 4.55 Å². The van der Waals surface area contributed by atoms with Gasteiger partial charge in [0.15, 0.2) is 0 Å². The lowest BCUT2D eigenvalue weighted by Crippen LogP contribution is -2.48. The van der Waals surface area contributed by atoms with Crippen LogP contribution in [0.1, 0.15) is 39.0 Å². The fourth-order valence-electron chi connectivity index (χ4n) is 2.39. The minimum Gasteiger partial charge on any atom is -0.382 e. The summed E-state index contributed by atoms with van der Waals surface area (Å²) >= 11 is 0. The molecule has 0 aliphatic carbocycles. The van der Waals surface area contributed by atoms with Crippen molar-refractivity contribution in [3.8, 4) is 0 Å². The Balaban J connectivity index is 4.14. The Kier molecular flexibility index (Phi) is 12.1.